The molecule has 0 fully saturated rings. The Bertz CT molecular complexity index is 598. The molecule has 0 aliphatic heterocycles. The van der Waals surface area contributed by atoms with Gasteiger partial charge in [-0.3, -0.25) is 4.98 Å². The summed E-state index contributed by atoms with van der Waals surface area (Å²) in [5.41, 5.74) is -0.623. The first-order valence-electron chi connectivity index (χ1n) is 4.17. The summed E-state index contributed by atoms with van der Waals surface area (Å²) in [6.07, 6.45) is 0.880. The van der Waals surface area contributed by atoms with E-state index in [4.69, 9.17) is 5.11 Å². The van der Waals surface area contributed by atoms with Gasteiger partial charge in [0.15, 0.2) is 17.5 Å². The Morgan fingerprint density at radius 2 is 1.88 bits per heavy atom. The maximum atomic E-state index is 13.2. The topological polar surface area (TPSA) is 50.2 Å². The molecule has 1 N–H and O–H groups in total. The number of fused-ring (bicyclic) bond motifs is 1. The third-order valence-corrected chi connectivity index (χ3v) is 2.06. The summed E-state index contributed by atoms with van der Waals surface area (Å²) < 4.78 is 38.8. The van der Waals surface area contributed by atoms with Gasteiger partial charge in [0.25, 0.3) is 0 Å². The molecule has 0 aliphatic carbocycles. The molecular formula is C10H4F3NO2. The summed E-state index contributed by atoms with van der Waals surface area (Å²) in [5, 5.41) is 8.54. The maximum absolute atomic E-state index is 13.2. The standard InChI is InChI=1S/C10H4F3NO2/c11-6-2-4-1-5(10(15)16)3-14-9(4)8(13)7(6)12/h1-3H,(H,15,16). The van der Waals surface area contributed by atoms with Gasteiger partial charge in [-0.2, -0.15) is 0 Å². The fourth-order valence-electron chi connectivity index (χ4n) is 1.30. The van der Waals surface area contributed by atoms with Crippen molar-refractivity contribution in [2.75, 3.05) is 0 Å². The van der Waals surface area contributed by atoms with Gasteiger partial charge in [0.2, 0.25) is 0 Å². The van der Waals surface area contributed by atoms with Crippen LogP contribution in [-0.2, 0) is 0 Å². The third kappa shape index (κ3) is 1.48. The Morgan fingerprint density at radius 3 is 2.50 bits per heavy atom. The number of halogens is 3. The molecule has 1 aromatic carbocycles. The zero-order chi connectivity index (χ0) is 11.9. The molecular weight excluding hydrogens is 223 g/mol. The van der Waals surface area contributed by atoms with Gasteiger partial charge in [0.05, 0.1) is 5.56 Å². The van der Waals surface area contributed by atoms with E-state index in [2.05, 4.69) is 4.98 Å². The second-order valence-electron chi connectivity index (χ2n) is 3.09. The van der Waals surface area contributed by atoms with Crippen molar-refractivity contribution in [2.24, 2.45) is 0 Å². The average Bonchev–Trinajstić information content (AvgIpc) is 2.25. The van der Waals surface area contributed by atoms with E-state index >= 15 is 0 Å². The van der Waals surface area contributed by atoms with Gasteiger partial charge in [0, 0.05) is 11.6 Å². The maximum Gasteiger partial charge on any atom is 0.337 e. The van der Waals surface area contributed by atoms with Crippen molar-refractivity contribution >= 4 is 16.9 Å². The molecule has 1 heterocycles. The molecule has 0 atom stereocenters. The molecule has 0 aliphatic rings. The lowest BCUT2D eigenvalue weighted by Gasteiger charge is -2.02. The number of aromatic nitrogens is 1. The molecule has 2 aromatic rings. The highest BCUT2D eigenvalue weighted by atomic mass is 19.2. The summed E-state index contributed by atoms with van der Waals surface area (Å²) in [6, 6.07) is 1.73. The highest BCUT2D eigenvalue weighted by molar-refractivity contribution is 5.92. The van der Waals surface area contributed by atoms with E-state index in [1.807, 2.05) is 0 Å². The molecule has 1 aromatic heterocycles. The lowest BCUT2D eigenvalue weighted by molar-refractivity contribution is 0.0696. The molecule has 2 rings (SSSR count). The molecule has 0 amide bonds. The molecule has 0 saturated heterocycles. The van der Waals surface area contributed by atoms with Crippen LogP contribution in [0.2, 0.25) is 0 Å². The number of hydrogen-bond donors (Lipinski definition) is 1. The van der Waals surface area contributed by atoms with Crippen LogP contribution in [0.25, 0.3) is 10.9 Å². The van der Waals surface area contributed by atoms with Crippen molar-refractivity contribution < 1.29 is 23.1 Å². The van der Waals surface area contributed by atoms with Crippen LogP contribution in [0.15, 0.2) is 18.3 Å². The van der Waals surface area contributed by atoms with Crippen LogP contribution >= 0.6 is 0 Å². The molecule has 0 bridgehead atoms. The number of nitrogens with zero attached hydrogens (tertiary/aromatic N) is 1. The van der Waals surface area contributed by atoms with Gasteiger partial charge < -0.3 is 5.11 Å². The highest BCUT2D eigenvalue weighted by Gasteiger charge is 2.15. The van der Waals surface area contributed by atoms with Gasteiger partial charge in [-0.1, -0.05) is 0 Å². The van der Waals surface area contributed by atoms with E-state index in [-0.39, 0.29) is 10.9 Å². The van der Waals surface area contributed by atoms with Crippen molar-refractivity contribution in [1.29, 1.82) is 0 Å². The Hall–Kier alpha value is -2.11. The minimum atomic E-state index is -1.62. The molecule has 82 valence electrons. The van der Waals surface area contributed by atoms with Crippen molar-refractivity contribution in [2.45, 2.75) is 0 Å². The molecule has 0 saturated carbocycles. The molecule has 0 spiro atoms. The smallest absolute Gasteiger partial charge is 0.337 e. The second kappa shape index (κ2) is 3.48. The molecule has 0 radical (unpaired) electrons. The Kier molecular flexibility index (Phi) is 2.26. The van der Waals surface area contributed by atoms with E-state index in [0.717, 1.165) is 12.3 Å². The van der Waals surface area contributed by atoms with Crippen molar-refractivity contribution in [3.8, 4) is 0 Å². The van der Waals surface area contributed by atoms with Gasteiger partial charge in [-0.25, -0.2) is 18.0 Å². The zero-order valence-electron chi connectivity index (χ0n) is 7.67. The van der Waals surface area contributed by atoms with Crippen LogP contribution in [0.1, 0.15) is 10.4 Å². The number of pyridine rings is 1. The summed E-state index contributed by atoms with van der Waals surface area (Å²) >= 11 is 0. The van der Waals surface area contributed by atoms with E-state index < -0.39 is 28.9 Å². The minimum Gasteiger partial charge on any atom is -0.478 e. The van der Waals surface area contributed by atoms with Crippen LogP contribution < -0.4 is 0 Å². The first-order chi connectivity index (χ1) is 7.50. The minimum absolute atomic E-state index is 0.101. The van der Waals surface area contributed by atoms with Crippen molar-refractivity contribution in [1.82, 2.24) is 4.98 Å². The quantitative estimate of drug-likeness (QED) is 0.760. The number of aromatic carboxylic acids is 1. The van der Waals surface area contributed by atoms with Crippen LogP contribution in [0.5, 0.6) is 0 Å². The van der Waals surface area contributed by atoms with Crippen LogP contribution in [0, 0.1) is 17.5 Å². The lowest BCUT2D eigenvalue weighted by Crippen LogP contribution is -2.00. The number of carbonyl (C=O) groups is 1. The largest absolute Gasteiger partial charge is 0.478 e. The zero-order valence-corrected chi connectivity index (χ0v) is 7.67. The van der Waals surface area contributed by atoms with Gasteiger partial charge in [0.1, 0.15) is 5.52 Å². The SMILES string of the molecule is O=C(O)c1cnc2c(F)c(F)c(F)cc2c1. The van der Waals surface area contributed by atoms with E-state index in [0.29, 0.717) is 6.07 Å². The van der Waals surface area contributed by atoms with E-state index in [1.165, 1.54) is 0 Å². The first kappa shape index (κ1) is 10.4. The third-order valence-electron chi connectivity index (χ3n) is 2.06. The summed E-state index contributed by atoms with van der Waals surface area (Å²) in [7, 11) is 0. The Morgan fingerprint density at radius 1 is 1.19 bits per heavy atom. The van der Waals surface area contributed by atoms with Crippen molar-refractivity contribution in [3.05, 3.63) is 41.3 Å². The number of benzene rings is 1. The molecule has 0 unspecified atom stereocenters. The summed E-state index contributed by atoms with van der Waals surface area (Å²) in [5.74, 6) is -5.70. The second-order valence-corrected chi connectivity index (χ2v) is 3.09. The Labute approximate surface area is 87.2 Å². The lowest BCUT2D eigenvalue weighted by atomic mass is 10.1. The first-order valence-corrected chi connectivity index (χ1v) is 4.17. The number of hydrogen-bond acceptors (Lipinski definition) is 2. The highest BCUT2D eigenvalue weighted by Crippen LogP contribution is 2.21. The predicted octanol–water partition coefficient (Wildman–Crippen LogP) is 2.35. The van der Waals surface area contributed by atoms with Crippen molar-refractivity contribution in [3.63, 3.8) is 0 Å². The Balaban J connectivity index is 2.81. The van der Waals surface area contributed by atoms with Crippen LogP contribution in [-0.4, -0.2) is 16.1 Å². The van der Waals surface area contributed by atoms with Gasteiger partial charge >= 0.3 is 5.97 Å². The van der Waals surface area contributed by atoms with Gasteiger partial charge in [-0.05, 0) is 12.1 Å². The number of rotatable bonds is 1. The number of carboxylic acids is 1. The molecule has 3 nitrogen and oxygen atoms in total. The monoisotopic (exact) mass is 227 g/mol. The van der Waals surface area contributed by atoms with Crippen LogP contribution in [0.3, 0.4) is 0 Å². The van der Waals surface area contributed by atoms with E-state index in [1.54, 1.807) is 0 Å². The van der Waals surface area contributed by atoms with Crippen LogP contribution in [0.4, 0.5) is 13.2 Å². The average molecular weight is 227 g/mol. The summed E-state index contributed by atoms with van der Waals surface area (Å²) in [6.45, 7) is 0. The number of carboxylic acid groups (broad SMARTS) is 1. The van der Waals surface area contributed by atoms with Gasteiger partial charge in [-0.15, -0.1) is 0 Å². The summed E-state index contributed by atoms with van der Waals surface area (Å²) in [4.78, 5) is 14.0. The van der Waals surface area contributed by atoms with E-state index in [9.17, 15) is 18.0 Å². The normalized spacial score (nSPS) is 10.7. The fraction of sp³-hybridized carbons (Fsp3) is 0. The molecule has 16 heavy (non-hydrogen) atoms. The molecule has 6 heteroatoms. The predicted molar refractivity (Wildman–Crippen MR) is 48.6 cm³/mol. The fourth-order valence-corrected chi connectivity index (χ4v) is 1.30.